The van der Waals surface area contributed by atoms with Crippen molar-refractivity contribution in [2.24, 2.45) is 0 Å². The highest BCUT2D eigenvalue weighted by Crippen LogP contribution is 1.99. The van der Waals surface area contributed by atoms with Gasteiger partial charge in [0, 0.05) is 6.61 Å². The molecule has 0 bridgehead atoms. The van der Waals surface area contributed by atoms with E-state index in [-0.39, 0.29) is 12.2 Å². The fourth-order valence-electron chi connectivity index (χ4n) is 0.553. The van der Waals surface area contributed by atoms with E-state index in [9.17, 15) is 0 Å². The van der Waals surface area contributed by atoms with Crippen LogP contribution in [0.15, 0.2) is 0 Å². The summed E-state index contributed by atoms with van der Waals surface area (Å²) < 4.78 is 5.29. The minimum atomic E-state index is -0.350. The summed E-state index contributed by atoms with van der Waals surface area (Å²) in [6.45, 7) is 6.52. The van der Waals surface area contributed by atoms with Crippen LogP contribution in [-0.4, -0.2) is 23.9 Å². The van der Waals surface area contributed by atoms with Crippen molar-refractivity contribution in [1.29, 1.82) is 0 Å². The van der Waals surface area contributed by atoms with E-state index >= 15 is 0 Å². The molecule has 0 aromatic carbocycles. The molecule has 2 heteroatoms. The lowest BCUT2D eigenvalue weighted by atomic mass is 10.2. The highest BCUT2D eigenvalue weighted by Gasteiger charge is 2.06. The van der Waals surface area contributed by atoms with Crippen molar-refractivity contribution in [2.75, 3.05) is 6.61 Å². The third-order valence-electron chi connectivity index (χ3n) is 1.56. The Morgan fingerprint density at radius 3 is 2.40 bits per heavy atom. The third-order valence-corrected chi connectivity index (χ3v) is 1.56. The van der Waals surface area contributed by atoms with Crippen LogP contribution < -0.4 is 0 Å². The molecule has 0 aliphatic heterocycles. The SMILES string of the molecule is CCCCO[C@H](C)[C@@H](C)O. The van der Waals surface area contributed by atoms with Gasteiger partial charge >= 0.3 is 0 Å². The molecule has 2 nitrogen and oxygen atoms in total. The van der Waals surface area contributed by atoms with E-state index in [4.69, 9.17) is 9.84 Å². The Hall–Kier alpha value is -0.0800. The highest BCUT2D eigenvalue weighted by atomic mass is 16.5. The van der Waals surface area contributed by atoms with Gasteiger partial charge in [0.15, 0.2) is 0 Å². The molecule has 2 atom stereocenters. The van der Waals surface area contributed by atoms with Crippen LogP contribution in [0.3, 0.4) is 0 Å². The maximum Gasteiger partial charge on any atom is 0.0803 e. The van der Waals surface area contributed by atoms with Crippen molar-refractivity contribution in [3.63, 3.8) is 0 Å². The molecule has 0 aromatic heterocycles. The van der Waals surface area contributed by atoms with Crippen LogP contribution in [-0.2, 0) is 4.74 Å². The van der Waals surface area contributed by atoms with Gasteiger partial charge in [0.25, 0.3) is 0 Å². The van der Waals surface area contributed by atoms with Crippen molar-refractivity contribution in [2.45, 2.75) is 45.8 Å². The molecule has 0 aliphatic rings. The normalized spacial score (nSPS) is 16.8. The maximum absolute atomic E-state index is 9.00. The number of aliphatic hydroxyl groups is 1. The number of aliphatic hydroxyl groups excluding tert-OH is 1. The van der Waals surface area contributed by atoms with Gasteiger partial charge in [-0.2, -0.15) is 0 Å². The zero-order chi connectivity index (χ0) is 7.98. The Labute approximate surface area is 63.2 Å². The average Bonchev–Trinajstić information content (AvgIpc) is 1.88. The smallest absolute Gasteiger partial charge is 0.0803 e. The highest BCUT2D eigenvalue weighted by molar-refractivity contribution is 4.56. The average molecular weight is 146 g/mol. The van der Waals surface area contributed by atoms with Gasteiger partial charge in [-0.05, 0) is 20.3 Å². The molecular formula is C8H18O2. The lowest BCUT2D eigenvalue weighted by Gasteiger charge is -2.14. The molecule has 0 heterocycles. The van der Waals surface area contributed by atoms with E-state index in [2.05, 4.69) is 6.92 Å². The largest absolute Gasteiger partial charge is 0.391 e. The van der Waals surface area contributed by atoms with Gasteiger partial charge in [0.05, 0.1) is 12.2 Å². The van der Waals surface area contributed by atoms with E-state index in [1.165, 1.54) is 0 Å². The topological polar surface area (TPSA) is 29.5 Å². The molecule has 0 rings (SSSR count). The predicted octanol–water partition coefficient (Wildman–Crippen LogP) is 1.57. The predicted molar refractivity (Wildman–Crippen MR) is 42.0 cm³/mol. The summed E-state index contributed by atoms with van der Waals surface area (Å²) >= 11 is 0. The second kappa shape index (κ2) is 5.69. The van der Waals surface area contributed by atoms with E-state index < -0.39 is 0 Å². The molecule has 0 spiro atoms. The van der Waals surface area contributed by atoms with Crippen molar-refractivity contribution in [1.82, 2.24) is 0 Å². The molecule has 62 valence electrons. The van der Waals surface area contributed by atoms with Gasteiger partial charge in [-0.3, -0.25) is 0 Å². The van der Waals surface area contributed by atoms with Gasteiger partial charge in [0.1, 0.15) is 0 Å². The van der Waals surface area contributed by atoms with Gasteiger partial charge in [0.2, 0.25) is 0 Å². The Morgan fingerprint density at radius 1 is 1.40 bits per heavy atom. The van der Waals surface area contributed by atoms with Crippen molar-refractivity contribution in [3.8, 4) is 0 Å². The van der Waals surface area contributed by atoms with E-state index in [1.807, 2.05) is 6.92 Å². The molecule has 0 aliphatic carbocycles. The lowest BCUT2D eigenvalue weighted by molar-refractivity contribution is -0.0190. The molecule has 0 fully saturated rings. The zero-order valence-electron chi connectivity index (χ0n) is 7.13. The van der Waals surface area contributed by atoms with Crippen LogP contribution in [0.2, 0.25) is 0 Å². The molecule has 0 saturated carbocycles. The lowest BCUT2D eigenvalue weighted by Crippen LogP contribution is -2.22. The fourth-order valence-corrected chi connectivity index (χ4v) is 0.553. The Bertz CT molecular complexity index is 71.7. The summed E-state index contributed by atoms with van der Waals surface area (Å²) in [6.07, 6.45) is 1.85. The van der Waals surface area contributed by atoms with Crippen molar-refractivity contribution >= 4 is 0 Å². The molecule has 0 radical (unpaired) electrons. The summed E-state index contributed by atoms with van der Waals surface area (Å²) in [4.78, 5) is 0. The first-order valence-electron chi connectivity index (χ1n) is 3.98. The summed E-state index contributed by atoms with van der Waals surface area (Å²) in [5.74, 6) is 0. The maximum atomic E-state index is 9.00. The Morgan fingerprint density at radius 2 is 2.00 bits per heavy atom. The molecular weight excluding hydrogens is 128 g/mol. The Balaban J connectivity index is 3.13. The van der Waals surface area contributed by atoms with Crippen LogP contribution in [0.25, 0.3) is 0 Å². The van der Waals surface area contributed by atoms with Crippen LogP contribution in [0, 0.1) is 0 Å². The third kappa shape index (κ3) is 4.77. The molecule has 0 saturated heterocycles. The fraction of sp³-hybridized carbons (Fsp3) is 1.00. The van der Waals surface area contributed by atoms with Crippen LogP contribution in [0.1, 0.15) is 33.6 Å². The van der Waals surface area contributed by atoms with Crippen LogP contribution in [0.4, 0.5) is 0 Å². The summed E-state index contributed by atoms with van der Waals surface area (Å²) in [7, 11) is 0. The monoisotopic (exact) mass is 146 g/mol. The first-order chi connectivity index (χ1) is 4.68. The number of hydrogen-bond acceptors (Lipinski definition) is 2. The van der Waals surface area contributed by atoms with Gasteiger partial charge in [-0.1, -0.05) is 13.3 Å². The minimum absolute atomic E-state index is 0.0217. The van der Waals surface area contributed by atoms with E-state index in [0.29, 0.717) is 0 Å². The van der Waals surface area contributed by atoms with Gasteiger partial charge in [-0.25, -0.2) is 0 Å². The van der Waals surface area contributed by atoms with E-state index in [0.717, 1.165) is 19.4 Å². The van der Waals surface area contributed by atoms with Crippen LogP contribution >= 0.6 is 0 Å². The number of unbranched alkanes of at least 4 members (excludes halogenated alkanes) is 1. The second-order valence-corrected chi connectivity index (χ2v) is 2.67. The van der Waals surface area contributed by atoms with Crippen molar-refractivity contribution in [3.05, 3.63) is 0 Å². The number of ether oxygens (including phenoxy) is 1. The van der Waals surface area contributed by atoms with Crippen LogP contribution in [0.5, 0.6) is 0 Å². The first kappa shape index (κ1) is 9.92. The summed E-state index contributed by atoms with van der Waals surface area (Å²) in [5, 5.41) is 9.00. The first-order valence-corrected chi connectivity index (χ1v) is 3.98. The standard InChI is InChI=1S/C8H18O2/c1-4-5-6-10-8(3)7(2)9/h7-9H,4-6H2,1-3H3/t7-,8-/m1/s1. The van der Waals surface area contributed by atoms with Crippen molar-refractivity contribution < 1.29 is 9.84 Å². The molecule has 0 unspecified atom stereocenters. The Kier molecular flexibility index (Phi) is 5.64. The molecule has 0 aromatic rings. The number of rotatable bonds is 5. The summed E-state index contributed by atoms with van der Waals surface area (Å²) in [5.41, 5.74) is 0. The molecule has 1 N–H and O–H groups in total. The zero-order valence-corrected chi connectivity index (χ0v) is 7.13. The summed E-state index contributed by atoms with van der Waals surface area (Å²) in [6, 6.07) is 0. The quantitative estimate of drug-likeness (QED) is 0.597. The number of hydrogen-bond donors (Lipinski definition) is 1. The van der Waals surface area contributed by atoms with Gasteiger partial charge in [-0.15, -0.1) is 0 Å². The van der Waals surface area contributed by atoms with Gasteiger partial charge < -0.3 is 9.84 Å². The molecule has 10 heavy (non-hydrogen) atoms. The molecule has 0 amide bonds. The minimum Gasteiger partial charge on any atom is -0.391 e. The van der Waals surface area contributed by atoms with E-state index in [1.54, 1.807) is 6.92 Å². The second-order valence-electron chi connectivity index (χ2n) is 2.67.